The van der Waals surface area contributed by atoms with E-state index in [4.69, 9.17) is 5.73 Å². The monoisotopic (exact) mass is 171 g/mol. The zero-order chi connectivity index (χ0) is 9.40. The van der Waals surface area contributed by atoms with Crippen molar-refractivity contribution in [1.82, 2.24) is 10.4 Å². The van der Waals surface area contributed by atoms with E-state index in [0.29, 0.717) is 19.5 Å². The Bertz CT molecular complexity index is 147. The van der Waals surface area contributed by atoms with E-state index >= 15 is 0 Å². The SMILES string of the molecule is C=CCN(NCC)C(=O)CCN. The molecule has 0 spiro atoms. The van der Waals surface area contributed by atoms with Crippen molar-refractivity contribution in [3.63, 3.8) is 0 Å². The fourth-order valence-corrected chi connectivity index (χ4v) is 0.833. The Morgan fingerprint density at radius 2 is 2.42 bits per heavy atom. The number of carbonyl (C=O) groups is 1. The van der Waals surface area contributed by atoms with E-state index in [-0.39, 0.29) is 5.91 Å². The van der Waals surface area contributed by atoms with Crippen LogP contribution in [0.25, 0.3) is 0 Å². The lowest BCUT2D eigenvalue weighted by atomic mass is 10.4. The number of nitrogens with zero attached hydrogens (tertiary/aromatic N) is 1. The quantitative estimate of drug-likeness (QED) is 0.432. The van der Waals surface area contributed by atoms with Crippen molar-refractivity contribution in [3.8, 4) is 0 Å². The predicted octanol–water partition coefficient (Wildman–Crippen LogP) is -0.126. The number of hydrogen-bond donors (Lipinski definition) is 2. The van der Waals surface area contributed by atoms with Gasteiger partial charge in [0.25, 0.3) is 0 Å². The van der Waals surface area contributed by atoms with Crippen molar-refractivity contribution in [2.45, 2.75) is 13.3 Å². The number of rotatable bonds is 6. The zero-order valence-electron chi connectivity index (χ0n) is 7.55. The molecular formula is C8H17N3O. The average molecular weight is 171 g/mol. The molecule has 1 amide bonds. The molecule has 0 rings (SSSR count). The average Bonchev–Trinajstić information content (AvgIpc) is 2.04. The van der Waals surface area contributed by atoms with Gasteiger partial charge in [0.15, 0.2) is 0 Å². The van der Waals surface area contributed by atoms with E-state index in [0.717, 1.165) is 6.54 Å². The Kier molecular flexibility index (Phi) is 6.32. The number of nitrogens with one attached hydrogen (secondary N) is 1. The van der Waals surface area contributed by atoms with E-state index in [1.807, 2.05) is 6.92 Å². The summed E-state index contributed by atoms with van der Waals surface area (Å²) in [6.45, 7) is 7.13. The highest BCUT2D eigenvalue weighted by molar-refractivity contribution is 5.75. The number of nitrogens with two attached hydrogens (primary N) is 1. The van der Waals surface area contributed by atoms with Gasteiger partial charge in [-0.3, -0.25) is 9.80 Å². The second-order valence-corrected chi connectivity index (χ2v) is 2.34. The van der Waals surface area contributed by atoms with Crippen molar-refractivity contribution < 1.29 is 4.79 Å². The lowest BCUT2D eigenvalue weighted by Gasteiger charge is -2.20. The summed E-state index contributed by atoms with van der Waals surface area (Å²) in [5.74, 6) is 0.0132. The van der Waals surface area contributed by atoms with Crippen LogP contribution < -0.4 is 11.2 Å². The van der Waals surface area contributed by atoms with Crippen LogP contribution in [0.2, 0.25) is 0 Å². The van der Waals surface area contributed by atoms with Gasteiger partial charge in [0.05, 0.1) is 6.54 Å². The molecule has 0 unspecified atom stereocenters. The fraction of sp³-hybridized carbons (Fsp3) is 0.625. The molecule has 0 radical (unpaired) electrons. The predicted molar refractivity (Wildman–Crippen MR) is 49.3 cm³/mol. The molecular weight excluding hydrogens is 154 g/mol. The number of hydrogen-bond acceptors (Lipinski definition) is 3. The highest BCUT2D eigenvalue weighted by Gasteiger charge is 2.08. The standard InChI is InChI=1S/C8H17N3O/c1-3-7-11(10-4-2)8(12)5-6-9/h3,10H,1,4-7,9H2,2H3. The molecule has 0 atom stereocenters. The highest BCUT2D eigenvalue weighted by Crippen LogP contribution is 1.88. The Hall–Kier alpha value is -0.870. The molecule has 0 aromatic heterocycles. The lowest BCUT2D eigenvalue weighted by Crippen LogP contribution is -2.43. The van der Waals surface area contributed by atoms with Crippen LogP contribution in [0.15, 0.2) is 12.7 Å². The molecule has 0 heterocycles. The van der Waals surface area contributed by atoms with Crippen molar-refractivity contribution in [2.75, 3.05) is 19.6 Å². The van der Waals surface area contributed by atoms with Crippen LogP contribution in [0.5, 0.6) is 0 Å². The Labute approximate surface area is 73.4 Å². The van der Waals surface area contributed by atoms with Crippen LogP contribution in [0.3, 0.4) is 0 Å². The minimum Gasteiger partial charge on any atom is -0.330 e. The number of hydrazine groups is 1. The Morgan fingerprint density at radius 3 is 2.83 bits per heavy atom. The molecule has 0 aromatic carbocycles. The van der Waals surface area contributed by atoms with Crippen LogP contribution in [-0.4, -0.2) is 30.6 Å². The van der Waals surface area contributed by atoms with Crippen molar-refractivity contribution >= 4 is 5.91 Å². The minimum absolute atomic E-state index is 0.0132. The molecule has 0 fully saturated rings. The van der Waals surface area contributed by atoms with Gasteiger partial charge in [0.2, 0.25) is 5.91 Å². The van der Waals surface area contributed by atoms with Crippen LogP contribution in [0.4, 0.5) is 0 Å². The maximum atomic E-state index is 11.3. The summed E-state index contributed by atoms with van der Waals surface area (Å²) in [5.41, 5.74) is 8.18. The maximum absolute atomic E-state index is 11.3. The van der Waals surface area contributed by atoms with Gasteiger partial charge >= 0.3 is 0 Å². The van der Waals surface area contributed by atoms with Crippen molar-refractivity contribution in [1.29, 1.82) is 0 Å². The van der Waals surface area contributed by atoms with Gasteiger partial charge < -0.3 is 5.73 Å². The molecule has 70 valence electrons. The summed E-state index contributed by atoms with van der Waals surface area (Å²) in [4.78, 5) is 11.3. The third-order valence-electron chi connectivity index (χ3n) is 1.32. The molecule has 3 N–H and O–H groups in total. The van der Waals surface area contributed by atoms with E-state index in [2.05, 4.69) is 12.0 Å². The molecule has 0 saturated heterocycles. The summed E-state index contributed by atoms with van der Waals surface area (Å²) in [5, 5.41) is 1.53. The summed E-state index contributed by atoms with van der Waals surface area (Å²) < 4.78 is 0. The normalized spacial score (nSPS) is 9.50. The topological polar surface area (TPSA) is 58.4 Å². The fourth-order valence-electron chi connectivity index (χ4n) is 0.833. The van der Waals surface area contributed by atoms with Gasteiger partial charge in [0.1, 0.15) is 0 Å². The first kappa shape index (κ1) is 11.1. The van der Waals surface area contributed by atoms with Crippen LogP contribution in [0, 0.1) is 0 Å². The van der Waals surface area contributed by atoms with Gasteiger partial charge in [-0.15, -0.1) is 6.58 Å². The molecule has 0 aromatic rings. The second kappa shape index (κ2) is 6.82. The smallest absolute Gasteiger partial charge is 0.238 e. The van der Waals surface area contributed by atoms with E-state index in [9.17, 15) is 4.79 Å². The van der Waals surface area contributed by atoms with Crippen molar-refractivity contribution in [3.05, 3.63) is 12.7 Å². The molecule has 4 nitrogen and oxygen atoms in total. The number of amides is 1. The molecule has 0 saturated carbocycles. The van der Waals surface area contributed by atoms with Gasteiger partial charge in [-0.25, -0.2) is 5.43 Å². The first-order chi connectivity index (χ1) is 5.76. The minimum atomic E-state index is 0.0132. The highest BCUT2D eigenvalue weighted by atomic mass is 16.2. The summed E-state index contributed by atoms with van der Waals surface area (Å²) in [6, 6.07) is 0. The molecule has 0 aliphatic heterocycles. The second-order valence-electron chi connectivity index (χ2n) is 2.34. The van der Waals surface area contributed by atoms with Gasteiger partial charge in [-0.1, -0.05) is 13.0 Å². The third-order valence-corrected chi connectivity index (χ3v) is 1.32. The largest absolute Gasteiger partial charge is 0.330 e. The van der Waals surface area contributed by atoms with E-state index in [1.165, 1.54) is 5.01 Å². The summed E-state index contributed by atoms with van der Waals surface area (Å²) >= 11 is 0. The Balaban J connectivity index is 3.89. The third kappa shape index (κ3) is 4.10. The molecule has 12 heavy (non-hydrogen) atoms. The molecule has 4 heteroatoms. The van der Waals surface area contributed by atoms with Crippen LogP contribution in [-0.2, 0) is 4.79 Å². The summed E-state index contributed by atoms with van der Waals surface area (Å²) in [7, 11) is 0. The molecule has 0 bridgehead atoms. The van der Waals surface area contributed by atoms with Gasteiger partial charge in [-0.05, 0) is 0 Å². The van der Waals surface area contributed by atoms with E-state index < -0.39 is 0 Å². The molecule has 0 aliphatic carbocycles. The lowest BCUT2D eigenvalue weighted by molar-refractivity contribution is -0.133. The van der Waals surface area contributed by atoms with Gasteiger partial charge in [0, 0.05) is 19.5 Å². The number of carbonyl (C=O) groups excluding carboxylic acids is 1. The van der Waals surface area contributed by atoms with Crippen LogP contribution >= 0.6 is 0 Å². The first-order valence-corrected chi connectivity index (χ1v) is 4.11. The van der Waals surface area contributed by atoms with Crippen LogP contribution in [0.1, 0.15) is 13.3 Å². The first-order valence-electron chi connectivity index (χ1n) is 4.11. The Morgan fingerprint density at radius 1 is 1.75 bits per heavy atom. The molecule has 0 aliphatic rings. The van der Waals surface area contributed by atoms with E-state index in [1.54, 1.807) is 6.08 Å². The zero-order valence-corrected chi connectivity index (χ0v) is 7.55. The summed E-state index contributed by atoms with van der Waals surface area (Å²) in [6.07, 6.45) is 2.05. The maximum Gasteiger partial charge on any atom is 0.238 e. The van der Waals surface area contributed by atoms with Crippen molar-refractivity contribution in [2.24, 2.45) is 5.73 Å². The van der Waals surface area contributed by atoms with Gasteiger partial charge in [-0.2, -0.15) is 0 Å².